The second-order valence-electron chi connectivity index (χ2n) is 1.66. The van der Waals surface area contributed by atoms with Crippen molar-refractivity contribution in [1.29, 1.82) is 0 Å². The van der Waals surface area contributed by atoms with Gasteiger partial charge in [-0.25, -0.2) is 4.99 Å². The van der Waals surface area contributed by atoms with Crippen LogP contribution in [-0.2, 0) is 0 Å². The molecule has 0 saturated carbocycles. The van der Waals surface area contributed by atoms with Crippen LogP contribution in [0.25, 0.3) is 0 Å². The van der Waals surface area contributed by atoms with Crippen molar-refractivity contribution in [3.8, 4) is 0 Å². The van der Waals surface area contributed by atoms with E-state index in [-0.39, 0.29) is 5.17 Å². The van der Waals surface area contributed by atoms with Gasteiger partial charge in [-0.2, -0.15) is 13.2 Å². The third kappa shape index (κ3) is 2.55. The van der Waals surface area contributed by atoms with Crippen LogP contribution < -0.4 is 0 Å². The van der Waals surface area contributed by atoms with Gasteiger partial charge >= 0.3 is 6.18 Å². The van der Waals surface area contributed by atoms with Gasteiger partial charge in [0.2, 0.25) is 0 Å². The van der Waals surface area contributed by atoms with E-state index in [9.17, 15) is 13.2 Å². The topological polar surface area (TPSA) is 12.4 Å². The molecule has 0 saturated heterocycles. The number of hydrogen-bond donors (Lipinski definition) is 0. The van der Waals surface area contributed by atoms with Gasteiger partial charge in [-0.15, -0.1) is 0 Å². The molecule has 0 spiro atoms. The van der Waals surface area contributed by atoms with Crippen molar-refractivity contribution in [1.82, 2.24) is 0 Å². The third-order valence-electron chi connectivity index (χ3n) is 0.837. The maximum Gasteiger partial charge on any atom is 0.433 e. The SMILES string of the molecule is FC(F)(F)C1=CI=CC(Cl)=N1. The Morgan fingerprint density at radius 1 is 1.45 bits per heavy atom. The minimum Gasteiger partial charge on any atom is -0.231 e. The van der Waals surface area contributed by atoms with Gasteiger partial charge in [0, 0.05) is 8.09 Å². The first kappa shape index (κ1) is 9.18. The van der Waals surface area contributed by atoms with Crippen molar-refractivity contribution >= 4 is 41.5 Å². The van der Waals surface area contributed by atoms with Crippen molar-refractivity contribution in [2.75, 3.05) is 0 Å². The van der Waals surface area contributed by atoms with E-state index in [0.717, 1.165) is 4.08 Å². The standard InChI is InChI=1S/C5H2ClF3IN/c6-4-2-10-1-3(11-4)5(7,8)9/h1-2H. The highest BCUT2D eigenvalue weighted by Crippen LogP contribution is 2.30. The molecule has 0 fully saturated rings. The Morgan fingerprint density at radius 2 is 2.09 bits per heavy atom. The number of aliphatic imine (C=N–C) groups is 1. The largest absolute Gasteiger partial charge is 0.433 e. The molecular weight excluding hydrogens is 293 g/mol. The summed E-state index contributed by atoms with van der Waals surface area (Å²) in [6.07, 6.45) is -4.35. The van der Waals surface area contributed by atoms with E-state index in [1.54, 1.807) is 0 Å². The molecule has 1 heterocycles. The molecule has 1 aliphatic heterocycles. The monoisotopic (exact) mass is 295 g/mol. The molecule has 1 aliphatic rings. The quantitative estimate of drug-likeness (QED) is 0.609. The van der Waals surface area contributed by atoms with E-state index in [2.05, 4.69) is 4.99 Å². The van der Waals surface area contributed by atoms with Crippen LogP contribution in [0.4, 0.5) is 13.2 Å². The van der Waals surface area contributed by atoms with Crippen molar-refractivity contribution in [3.05, 3.63) is 9.78 Å². The summed E-state index contributed by atoms with van der Waals surface area (Å²) >= 11 is 4.60. The van der Waals surface area contributed by atoms with Gasteiger partial charge in [0.05, 0.1) is 0 Å². The Hall–Kier alpha value is 0.0900. The lowest BCUT2D eigenvalue weighted by Gasteiger charge is -2.07. The zero-order chi connectivity index (χ0) is 8.48. The molecule has 0 aromatic carbocycles. The van der Waals surface area contributed by atoms with E-state index in [0.29, 0.717) is 0 Å². The van der Waals surface area contributed by atoms with Crippen LogP contribution in [-0.4, -0.2) is 15.4 Å². The van der Waals surface area contributed by atoms with Gasteiger partial charge in [0.25, 0.3) is 0 Å². The van der Waals surface area contributed by atoms with Crippen LogP contribution in [0.3, 0.4) is 0 Å². The van der Waals surface area contributed by atoms with E-state index >= 15 is 0 Å². The molecule has 0 aromatic rings. The summed E-state index contributed by atoms with van der Waals surface area (Å²) in [5.74, 6) is 0. The summed E-state index contributed by atoms with van der Waals surface area (Å²) in [5, 5.41) is -0.0485. The van der Waals surface area contributed by atoms with Crippen LogP contribution in [0, 0.1) is 0 Å². The first-order valence-electron chi connectivity index (χ1n) is 2.47. The second-order valence-corrected chi connectivity index (χ2v) is 4.01. The molecule has 62 valence electrons. The molecule has 0 aliphatic carbocycles. The number of rotatable bonds is 0. The molecule has 0 N–H and O–H groups in total. The Kier molecular flexibility index (Phi) is 2.69. The van der Waals surface area contributed by atoms with Crippen molar-refractivity contribution in [3.63, 3.8) is 0 Å². The molecule has 1 nitrogen and oxygen atoms in total. The predicted molar refractivity (Wildman–Crippen MR) is 47.5 cm³/mol. The zero-order valence-corrected chi connectivity index (χ0v) is 7.91. The van der Waals surface area contributed by atoms with Crippen LogP contribution in [0.15, 0.2) is 14.8 Å². The summed E-state index contributed by atoms with van der Waals surface area (Å²) in [5.41, 5.74) is -0.863. The first-order valence-corrected chi connectivity index (χ1v) is 5.34. The van der Waals surface area contributed by atoms with Crippen LogP contribution in [0.1, 0.15) is 0 Å². The minimum atomic E-state index is -4.35. The molecule has 11 heavy (non-hydrogen) atoms. The molecule has 0 amide bonds. The van der Waals surface area contributed by atoms with Gasteiger partial charge in [-0.1, -0.05) is 32.3 Å². The average molecular weight is 295 g/mol. The van der Waals surface area contributed by atoms with Crippen molar-refractivity contribution < 1.29 is 13.2 Å². The Morgan fingerprint density at radius 3 is 2.45 bits per heavy atom. The maximum absolute atomic E-state index is 11.9. The fraction of sp³-hybridized carbons (Fsp3) is 0.200. The molecule has 0 atom stereocenters. The summed E-state index contributed by atoms with van der Waals surface area (Å²) in [7, 11) is 0. The van der Waals surface area contributed by atoms with E-state index < -0.39 is 32.6 Å². The first-order chi connectivity index (χ1) is 5.00. The van der Waals surface area contributed by atoms with E-state index in [1.807, 2.05) is 0 Å². The number of halogens is 5. The average Bonchev–Trinajstić information content (AvgIpc) is 1.86. The lowest BCUT2D eigenvalue weighted by molar-refractivity contribution is -0.0919. The van der Waals surface area contributed by atoms with Gasteiger partial charge in [0.15, 0.2) is 5.70 Å². The predicted octanol–water partition coefficient (Wildman–Crippen LogP) is 2.81. The van der Waals surface area contributed by atoms with E-state index in [4.69, 9.17) is 11.6 Å². The highest BCUT2D eigenvalue weighted by molar-refractivity contribution is 14.2. The number of alkyl halides is 3. The van der Waals surface area contributed by atoms with Gasteiger partial charge in [0.1, 0.15) is 5.17 Å². The highest BCUT2D eigenvalue weighted by atomic mass is 127. The number of hydrogen-bond acceptors (Lipinski definition) is 1. The summed E-state index contributed by atoms with van der Waals surface area (Å²) in [4.78, 5) is 3.14. The summed E-state index contributed by atoms with van der Waals surface area (Å²) in [6, 6.07) is 0. The zero-order valence-electron chi connectivity index (χ0n) is 4.99. The third-order valence-corrected chi connectivity index (χ3v) is 3.30. The second kappa shape index (κ2) is 3.22. The fourth-order valence-electron chi connectivity index (χ4n) is 0.432. The highest BCUT2D eigenvalue weighted by Gasteiger charge is 2.34. The van der Waals surface area contributed by atoms with Crippen LogP contribution >= 0.6 is 32.3 Å². The molecule has 0 radical (unpaired) electrons. The number of allylic oxidation sites excluding steroid dienone is 1. The van der Waals surface area contributed by atoms with E-state index in [1.165, 1.54) is 4.01 Å². The normalized spacial score (nSPS) is 18.5. The molecule has 0 unspecified atom stereocenters. The Labute approximate surface area is 75.7 Å². The molecule has 1 rings (SSSR count). The Balaban J connectivity index is 2.93. The molecule has 0 bridgehead atoms. The summed E-state index contributed by atoms with van der Waals surface area (Å²) in [6.45, 7) is 0. The van der Waals surface area contributed by atoms with Crippen molar-refractivity contribution in [2.24, 2.45) is 4.99 Å². The minimum absolute atomic E-state index is 0.0485. The van der Waals surface area contributed by atoms with Crippen molar-refractivity contribution in [2.45, 2.75) is 6.18 Å². The smallest absolute Gasteiger partial charge is 0.231 e. The lowest BCUT2D eigenvalue weighted by Crippen LogP contribution is -2.11. The van der Waals surface area contributed by atoms with Crippen LogP contribution in [0.5, 0.6) is 0 Å². The lowest BCUT2D eigenvalue weighted by atomic mass is 10.5. The van der Waals surface area contributed by atoms with Gasteiger partial charge < -0.3 is 0 Å². The Bertz CT molecular complexity index is 253. The fourth-order valence-corrected chi connectivity index (χ4v) is 2.29. The van der Waals surface area contributed by atoms with Crippen LogP contribution in [0.2, 0.25) is 0 Å². The molecular formula is C5H2ClF3IN. The van der Waals surface area contributed by atoms with Gasteiger partial charge in [-0.3, -0.25) is 0 Å². The molecule has 6 heteroatoms. The molecule has 0 aromatic heterocycles. The maximum atomic E-state index is 11.9. The summed E-state index contributed by atoms with van der Waals surface area (Å²) < 4.78 is 38.3. The van der Waals surface area contributed by atoms with Gasteiger partial charge in [-0.05, 0) is 0 Å². The number of nitrogens with zero attached hydrogens (tertiary/aromatic N) is 1.